The van der Waals surface area contributed by atoms with E-state index in [0.717, 1.165) is 6.42 Å². The van der Waals surface area contributed by atoms with Crippen LogP contribution in [0.25, 0.3) is 0 Å². The molecule has 1 heteroatoms. The summed E-state index contributed by atoms with van der Waals surface area (Å²) in [6.07, 6.45) is 7.58. The van der Waals surface area contributed by atoms with Gasteiger partial charge in [0.05, 0.1) is 11.9 Å². The third-order valence-electron chi connectivity index (χ3n) is 1.64. The first-order valence-corrected chi connectivity index (χ1v) is 4.15. The van der Waals surface area contributed by atoms with Crippen molar-refractivity contribution in [1.82, 2.24) is 0 Å². The monoisotopic (exact) mass is 140 g/mol. The lowest BCUT2D eigenvalue weighted by Crippen LogP contribution is -2.04. The summed E-state index contributed by atoms with van der Waals surface area (Å²) in [5.41, 5.74) is 0. The van der Waals surface area contributed by atoms with Crippen LogP contribution in [0.15, 0.2) is 11.8 Å². The molecule has 0 radical (unpaired) electrons. The fourth-order valence-electron chi connectivity index (χ4n) is 1.22. The van der Waals surface area contributed by atoms with Gasteiger partial charge in [-0.25, -0.2) is 0 Å². The molecule has 1 aliphatic rings. The molecule has 0 unspecified atom stereocenters. The van der Waals surface area contributed by atoms with Crippen molar-refractivity contribution in [3.05, 3.63) is 11.8 Å². The number of allylic oxidation sites excluding steroid dienone is 2. The van der Waals surface area contributed by atoms with Crippen molar-refractivity contribution in [1.29, 1.82) is 0 Å². The Morgan fingerprint density at radius 2 is 2.20 bits per heavy atom. The molecule has 0 saturated heterocycles. The Hall–Kier alpha value is -0.460. The fraction of sp³-hybridized carbons (Fsp3) is 0.778. The topological polar surface area (TPSA) is 9.23 Å². The summed E-state index contributed by atoms with van der Waals surface area (Å²) in [4.78, 5) is 0. The van der Waals surface area contributed by atoms with Gasteiger partial charge in [0, 0.05) is 6.42 Å². The molecule has 0 aromatic carbocycles. The molecule has 0 spiro atoms. The molecule has 1 nitrogen and oxygen atoms in total. The summed E-state index contributed by atoms with van der Waals surface area (Å²) in [6.45, 7) is 4.16. The van der Waals surface area contributed by atoms with Crippen LogP contribution >= 0.6 is 0 Å². The fourth-order valence-corrected chi connectivity index (χ4v) is 1.22. The third-order valence-corrected chi connectivity index (χ3v) is 1.64. The van der Waals surface area contributed by atoms with E-state index in [9.17, 15) is 0 Å². The van der Waals surface area contributed by atoms with Gasteiger partial charge in [-0.15, -0.1) is 0 Å². The SMILES string of the molecule is CC(C)OC1=CCCCC1. The molecular weight excluding hydrogens is 124 g/mol. The summed E-state index contributed by atoms with van der Waals surface area (Å²) in [6, 6.07) is 0. The summed E-state index contributed by atoms with van der Waals surface area (Å²) in [7, 11) is 0. The molecular formula is C9H16O. The van der Waals surface area contributed by atoms with Crippen LogP contribution in [0.4, 0.5) is 0 Å². The molecule has 0 heterocycles. The number of rotatable bonds is 2. The second-order valence-corrected chi connectivity index (χ2v) is 3.08. The number of ether oxygens (including phenoxy) is 1. The molecule has 0 atom stereocenters. The highest BCUT2D eigenvalue weighted by Crippen LogP contribution is 2.19. The molecule has 1 aliphatic carbocycles. The predicted molar refractivity (Wildman–Crippen MR) is 42.8 cm³/mol. The van der Waals surface area contributed by atoms with E-state index in [4.69, 9.17) is 4.74 Å². The Morgan fingerprint density at radius 3 is 2.70 bits per heavy atom. The van der Waals surface area contributed by atoms with Crippen LogP contribution < -0.4 is 0 Å². The van der Waals surface area contributed by atoms with Gasteiger partial charge in [-0.1, -0.05) is 0 Å². The van der Waals surface area contributed by atoms with Crippen LogP contribution in [0.5, 0.6) is 0 Å². The van der Waals surface area contributed by atoms with Crippen LogP contribution in [0.3, 0.4) is 0 Å². The average Bonchev–Trinajstić information content (AvgIpc) is 1.88. The van der Waals surface area contributed by atoms with Crippen LogP contribution in [0, 0.1) is 0 Å². The lowest BCUT2D eigenvalue weighted by molar-refractivity contribution is 0.135. The first-order valence-electron chi connectivity index (χ1n) is 4.15. The zero-order valence-electron chi connectivity index (χ0n) is 6.89. The second kappa shape index (κ2) is 3.65. The van der Waals surface area contributed by atoms with Crippen molar-refractivity contribution in [2.45, 2.75) is 45.6 Å². The Balaban J connectivity index is 2.31. The van der Waals surface area contributed by atoms with Gasteiger partial charge in [-0.05, 0) is 39.2 Å². The minimum absolute atomic E-state index is 0.351. The average molecular weight is 140 g/mol. The molecule has 0 amide bonds. The number of hydrogen-bond acceptors (Lipinski definition) is 1. The Kier molecular flexibility index (Phi) is 2.79. The van der Waals surface area contributed by atoms with Crippen LogP contribution in [0.1, 0.15) is 39.5 Å². The van der Waals surface area contributed by atoms with Gasteiger partial charge in [-0.3, -0.25) is 0 Å². The summed E-state index contributed by atoms with van der Waals surface area (Å²) in [5, 5.41) is 0. The van der Waals surface area contributed by atoms with Crippen molar-refractivity contribution in [2.24, 2.45) is 0 Å². The highest BCUT2D eigenvalue weighted by Gasteiger charge is 2.04. The van der Waals surface area contributed by atoms with E-state index in [1.807, 2.05) is 0 Å². The lowest BCUT2D eigenvalue weighted by atomic mass is 10.1. The minimum atomic E-state index is 0.351. The molecule has 0 aromatic heterocycles. The maximum atomic E-state index is 5.55. The molecule has 0 N–H and O–H groups in total. The van der Waals surface area contributed by atoms with Crippen molar-refractivity contribution < 1.29 is 4.74 Å². The van der Waals surface area contributed by atoms with Crippen molar-refractivity contribution in [3.8, 4) is 0 Å². The second-order valence-electron chi connectivity index (χ2n) is 3.08. The van der Waals surface area contributed by atoms with Gasteiger partial charge in [0.15, 0.2) is 0 Å². The number of hydrogen-bond donors (Lipinski definition) is 0. The maximum Gasteiger partial charge on any atom is 0.0926 e. The van der Waals surface area contributed by atoms with E-state index in [1.54, 1.807) is 0 Å². The van der Waals surface area contributed by atoms with Crippen LogP contribution in [0.2, 0.25) is 0 Å². The summed E-state index contributed by atoms with van der Waals surface area (Å²) >= 11 is 0. The van der Waals surface area contributed by atoms with Crippen LogP contribution in [-0.4, -0.2) is 6.10 Å². The third kappa shape index (κ3) is 2.42. The summed E-state index contributed by atoms with van der Waals surface area (Å²) in [5.74, 6) is 1.21. The molecule has 58 valence electrons. The van der Waals surface area contributed by atoms with Crippen LogP contribution in [-0.2, 0) is 4.74 Å². The highest BCUT2D eigenvalue weighted by atomic mass is 16.5. The normalized spacial score (nSPS) is 18.9. The molecule has 0 aliphatic heterocycles. The molecule has 0 saturated carbocycles. The van der Waals surface area contributed by atoms with E-state index >= 15 is 0 Å². The zero-order valence-corrected chi connectivity index (χ0v) is 6.89. The first kappa shape index (κ1) is 7.64. The van der Waals surface area contributed by atoms with Crippen molar-refractivity contribution in [2.75, 3.05) is 0 Å². The molecule has 10 heavy (non-hydrogen) atoms. The Morgan fingerprint density at radius 1 is 1.40 bits per heavy atom. The summed E-state index contributed by atoms with van der Waals surface area (Å²) < 4.78 is 5.55. The van der Waals surface area contributed by atoms with Gasteiger partial charge in [0.1, 0.15) is 0 Å². The van der Waals surface area contributed by atoms with Gasteiger partial charge in [0.25, 0.3) is 0 Å². The molecule has 0 fully saturated rings. The van der Waals surface area contributed by atoms with Crippen molar-refractivity contribution in [3.63, 3.8) is 0 Å². The van der Waals surface area contributed by atoms with Gasteiger partial charge < -0.3 is 4.74 Å². The standard InChI is InChI=1S/C9H16O/c1-8(2)10-9-6-4-3-5-7-9/h6,8H,3-5,7H2,1-2H3. The highest BCUT2D eigenvalue weighted by molar-refractivity contribution is 4.96. The quantitative estimate of drug-likeness (QED) is 0.573. The minimum Gasteiger partial charge on any atom is -0.496 e. The predicted octanol–water partition coefficient (Wildman–Crippen LogP) is 2.87. The largest absolute Gasteiger partial charge is 0.496 e. The molecule has 0 aromatic rings. The first-order chi connectivity index (χ1) is 4.79. The Labute approximate surface area is 63.1 Å². The zero-order chi connectivity index (χ0) is 7.40. The van der Waals surface area contributed by atoms with Crippen molar-refractivity contribution >= 4 is 0 Å². The molecule has 0 bridgehead atoms. The smallest absolute Gasteiger partial charge is 0.0926 e. The van der Waals surface area contributed by atoms with E-state index in [2.05, 4.69) is 19.9 Å². The van der Waals surface area contributed by atoms with E-state index in [-0.39, 0.29) is 0 Å². The van der Waals surface area contributed by atoms with E-state index in [1.165, 1.54) is 25.0 Å². The maximum absolute atomic E-state index is 5.55. The molecule has 1 rings (SSSR count). The Bertz CT molecular complexity index is 125. The van der Waals surface area contributed by atoms with Gasteiger partial charge >= 0.3 is 0 Å². The van der Waals surface area contributed by atoms with E-state index in [0.29, 0.717) is 6.10 Å². The lowest BCUT2D eigenvalue weighted by Gasteiger charge is -2.16. The van der Waals surface area contributed by atoms with E-state index < -0.39 is 0 Å². The van der Waals surface area contributed by atoms with Gasteiger partial charge in [-0.2, -0.15) is 0 Å². The van der Waals surface area contributed by atoms with Gasteiger partial charge in [0.2, 0.25) is 0 Å².